The van der Waals surface area contributed by atoms with Crippen molar-refractivity contribution < 1.29 is 5.11 Å². The monoisotopic (exact) mass is 259 g/mol. The first-order valence-corrected chi connectivity index (χ1v) is 8.17. The Balaban J connectivity index is 2.02. The second-order valence-electron chi connectivity index (χ2n) is 6.04. The van der Waals surface area contributed by atoms with Gasteiger partial charge in [-0.25, -0.2) is 0 Å². The molecule has 1 aliphatic carbocycles. The van der Waals surface area contributed by atoms with Gasteiger partial charge in [0.05, 0.1) is 6.61 Å². The van der Waals surface area contributed by atoms with E-state index in [0.717, 1.165) is 12.3 Å². The van der Waals surface area contributed by atoms with E-state index in [1.807, 2.05) is 0 Å². The Morgan fingerprint density at radius 3 is 2.59 bits per heavy atom. The molecule has 0 amide bonds. The molecule has 2 nitrogen and oxygen atoms in total. The molecule has 0 radical (unpaired) electrons. The van der Waals surface area contributed by atoms with Crippen LogP contribution in [0.5, 0.6) is 0 Å². The van der Waals surface area contributed by atoms with Gasteiger partial charge in [0.1, 0.15) is 0 Å². The molecular weight excluding hydrogens is 230 g/mol. The summed E-state index contributed by atoms with van der Waals surface area (Å²) in [5, 5.41) is 13.0. The van der Waals surface area contributed by atoms with Crippen molar-refractivity contribution in [1.29, 1.82) is 0 Å². The van der Waals surface area contributed by atoms with Crippen LogP contribution in [0.1, 0.15) is 52.9 Å². The molecule has 0 spiro atoms. The molecule has 0 aromatic carbocycles. The third-order valence-electron chi connectivity index (χ3n) is 3.34. The molecule has 0 aromatic heterocycles. The Morgan fingerprint density at radius 2 is 2.06 bits per heavy atom. The van der Waals surface area contributed by atoms with E-state index in [1.54, 1.807) is 0 Å². The van der Waals surface area contributed by atoms with Gasteiger partial charge in [0, 0.05) is 11.6 Å². The minimum atomic E-state index is -0.0419. The molecule has 17 heavy (non-hydrogen) atoms. The molecule has 0 heterocycles. The second-order valence-corrected chi connectivity index (χ2v) is 7.26. The highest BCUT2D eigenvalue weighted by Gasteiger charge is 2.31. The summed E-state index contributed by atoms with van der Waals surface area (Å²) in [6.07, 6.45) is 6.20. The van der Waals surface area contributed by atoms with Gasteiger partial charge < -0.3 is 10.4 Å². The van der Waals surface area contributed by atoms with Gasteiger partial charge in [-0.3, -0.25) is 0 Å². The van der Waals surface area contributed by atoms with Crippen LogP contribution in [-0.2, 0) is 0 Å². The van der Waals surface area contributed by atoms with Crippen LogP contribution in [0.4, 0.5) is 0 Å². The van der Waals surface area contributed by atoms with E-state index in [0.29, 0.717) is 6.04 Å². The smallest absolute Gasteiger partial charge is 0.0610 e. The van der Waals surface area contributed by atoms with Gasteiger partial charge in [-0.1, -0.05) is 13.8 Å². The van der Waals surface area contributed by atoms with Crippen LogP contribution < -0.4 is 5.32 Å². The van der Waals surface area contributed by atoms with Gasteiger partial charge >= 0.3 is 0 Å². The molecule has 1 atom stereocenters. The normalized spacial score (nSPS) is 19.6. The number of thioether (sulfide) groups is 1. The minimum absolute atomic E-state index is 0.0419. The molecule has 1 aliphatic rings. The summed E-state index contributed by atoms with van der Waals surface area (Å²) in [6.45, 7) is 6.98. The molecule has 1 saturated carbocycles. The predicted octanol–water partition coefficient (Wildman–Crippen LogP) is 3.05. The Hall–Kier alpha value is 0.270. The number of nitrogens with one attached hydrogen (secondary N) is 1. The van der Waals surface area contributed by atoms with Gasteiger partial charge in [-0.15, -0.1) is 0 Å². The highest BCUT2D eigenvalue weighted by atomic mass is 32.2. The fourth-order valence-corrected chi connectivity index (χ4v) is 3.09. The fourth-order valence-electron chi connectivity index (χ4n) is 1.90. The van der Waals surface area contributed by atoms with Crippen molar-refractivity contribution in [3.8, 4) is 0 Å². The van der Waals surface area contributed by atoms with Gasteiger partial charge in [0.25, 0.3) is 0 Å². The van der Waals surface area contributed by atoms with E-state index < -0.39 is 0 Å². The Bertz CT molecular complexity index is 206. The van der Waals surface area contributed by atoms with E-state index >= 15 is 0 Å². The molecule has 3 heteroatoms. The lowest BCUT2D eigenvalue weighted by Crippen LogP contribution is -2.47. The SMILES string of the molecule is CC(C)CCSCCCC(C)(CO)NC1CC1. The van der Waals surface area contributed by atoms with E-state index in [9.17, 15) is 5.11 Å². The van der Waals surface area contributed by atoms with Crippen molar-refractivity contribution in [1.82, 2.24) is 5.32 Å². The topological polar surface area (TPSA) is 32.3 Å². The van der Waals surface area contributed by atoms with E-state index in [1.165, 1.54) is 37.2 Å². The van der Waals surface area contributed by atoms with Crippen molar-refractivity contribution in [3.05, 3.63) is 0 Å². The molecule has 0 aromatic rings. The largest absolute Gasteiger partial charge is 0.394 e. The number of hydrogen-bond acceptors (Lipinski definition) is 3. The average molecular weight is 259 g/mol. The number of hydrogen-bond donors (Lipinski definition) is 2. The summed E-state index contributed by atoms with van der Waals surface area (Å²) < 4.78 is 0. The quantitative estimate of drug-likeness (QED) is 0.591. The maximum atomic E-state index is 9.47. The summed E-state index contributed by atoms with van der Waals surface area (Å²) in [6, 6.07) is 0.681. The highest BCUT2D eigenvalue weighted by Crippen LogP contribution is 2.25. The standard InChI is InChI=1S/C14H29NOS/c1-12(2)7-10-17-9-4-8-14(3,11-16)15-13-5-6-13/h12-13,15-16H,4-11H2,1-3H3. The van der Waals surface area contributed by atoms with E-state index in [-0.39, 0.29) is 12.1 Å². The summed E-state index contributed by atoms with van der Waals surface area (Å²) in [7, 11) is 0. The first-order chi connectivity index (χ1) is 8.06. The summed E-state index contributed by atoms with van der Waals surface area (Å²) in [5.74, 6) is 3.33. The van der Waals surface area contributed by atoms with Crippen LogP contribution in [0, 0.1) is 5.92 Å². The van der Waals surface area contributed by atoms with Crippen molar-refractivity contribution >= 4 is 11.8 Å². The second kappa shape index (κ2) is 7.65. The van der Waals surface area contributed by atoms with Crippen molar-refractivity contribution in [3.63, 3.8) is 0 Å². The third-order valence-corrected chi connectivity index (χ3v) is 4.44. The lowest BCUT2D eigenvalue weighted by molar-refractivity contribution is 0.163. The lowest BCUT2D eigenvalue weighted by atomic mass is 9.97. The van der Waals surface area contributed by atoms with Crippen LogP contribution in [0.15, 0.2) is 0 Å². The van der Waals surface area contributed by atoms with Crippen LogP contribution in [0.2, 0.25) is 0 Å². The molecule has 0 bridgehead atoms. The van der Waals surface area contributed by atoms with Gasteiger partial charge in [0.15, 0.2) is 0 Å². The third kappa shape index (κ3) is 7.32. The van der Waals surface area contributed by atoms with E-state index in [4.69, 9.17) is 0 Å². The molecular formula is C14H29NOS. The molecule has 2 N–H and O–H groups in total. The average Bonchev–Trinajstić information content (AvgIpc) is 3.06. The highest BCUT2D eigenvalue weighted by molar-refractivity contribution is 7.99. The summed E-state index contributed by atoms with van der Waals surface area (Å²) >= 11 is 2.06. The van der Waals surface area contributed by atoms with Gasteiger partial charge in [-0.05, 0) is 56.5 Å². The number of rotatable bonds is 10. The predicted molar refractivity (Wildman–Crippen MR) is 77.7 cm³/mol. The maximum absolute atomic E-state index is 9.47. The van der Waals surface area contributed by atoms with Crippen molar-refractivity contribution in [2.75, 3.05) is 18.1 Å². The molecule has 1 unspecified atom stereocenters. The maximum Gasteiger partial charge on any atom is 0.0610 e. The van der Waals surface area contributed by atoms with E-state index in [2.05, 4.69) is 37.8 Å². The summed E-state index contributed by atoms with van der Waals surface area (Å²) in [4.78, 5) is 0. The Kier molecular flexibility index (Phi) is 6.90. The first kappa shape index (κ1) is 15.3. The minimum Gasteiger partial charge on any atom is -0.394 e. The Labute approximate surface area is 111 Å². The van der Waals surface area contributed by atoms with Gasteiger partial charge in [-0.2, -0.15) is 11.8 Å². The number of aliphatic hydroxyl groups excluding tert-OH is 1. The molecule has 102 valence electrons. The fraction of sp³-hybridized carbons (Fsp3) is 1.00. The molecule has 0 aliphatic heterocycles. The van der Waals surface area contributed by atoms with Gasteiger partial charge in [0.2, 0.25) is 0 Å². The van der Waals surface area contributed by atoms with Crippen LogP contribution in [0.3, 0.4) is 0 Å². The van der Waals surface area contributed by atoms with Crippen molar-refractivity contribution in [2.45, 2.75) is 64.5 Å². The zero-order valence-electron chi connectivity index (χ0n) is 11.7. The van der Waals surface area contributed by atoms with Crippen LogP contribution in [0.25, 0.3) is 0 Å². The number of aliphatic hydroxyl groups is 1. The zero-order chi connectivity index (χ0) is 12.7. The molecule has 0 saturated heterocycles. The molecule has 1 fully saturated rings. The first-order valence-electron chi connectivity index (χ1n) is 7.02. The van der Waals surface area contributed by atoms with Crippen molar-refractivity contribution in [2.24, 2.45) is 5.92 Å². The molecule has 1 rings (SSSR count). The zero-order valence-corrected chi connectivity index (χ0v) is 12.5. The van der Waals surface area contributed by atoms with Crippen LogP contribution in [-0.4, -0.2) is 34.8 Å². The summed E-state index contributed by atoms with van der Waals surface area (Å²) in [5.41, 5.74) is -0.0419. The lowest BCUT2D eigenvalue weighted by Gasteiger charge is -2.29. The Morgan fingerprint density at radius 1 is 1.35 bits per heavy atom. The van der Waals surface area contributed by atoms with Crippen LogP contribution >= 0.6 is 11.8 Å².